The first-order chi connectivity index (χ1) is 17.3. The van der Waals surface area contributed by atoms with Crippen LogP contribution in [0.5, 0.6) is 0 Å². The van der Waals surface area contributed by atoms with Gasteiger partial charge in [-0.2, -0.15) is 4.98 Å². The van der Waals surface area contributed by atoms with Crippen molar-refractivity contribution in [2.24, 2.45) is 10.9 Å². The largest absolute Gasteiger partial charge is 0.468 e. The Morgan fingerprint density at radius 3 is 2.58 bits per heavy atom. The predicted octanol–water partition coefficient (Wildman–Crippen LogP) is 4.39. The number of aromatic nitrogens is 2. The average Bonchev–Trinajstić information content (AvgIpc) is 3.31. The zero-order valence-corrected chi connectivity index (χ0v) is 20.5. The molecule has 0 aliphatic carbocycles. The summed E-state index contributed by atoms with van der Waals surface area (Å²) in [5.74, 6) is -1.23. The molecule has 36 heavy (non-hydrogen) atoms. The molecule has 0 saturated heterocycles. The molecule has 0 spiro atoms. The number of esters is 1. The fraction of sp³-hybridized carbons (Fsp3) is 0.308. The summed E-state index contributed by atoms with van der Waals surface area (Å²) in [6.45, 7) is 4.66. The molecular formula is C26H27N5O5. The van der Waals surface area contributed by atoms with Crippen LogP contribution in [0.3, 0.4) is 0 Å². The Morgan fingerprint density at radius 2 is 1.89 bits per heavy atom. The number of nitrogens with zero attached hydrogens (tertiary/aromatic N) is 5. The highest BCUT2D eigenvalue weighted by Gasteiger charge is 2.41. The van der Waals surface area contributed by atoms with E-state index in [9.17, 15) is 14.9 Å². The molecule has 0 amide bonds. The van der Waals surface area contributed by atoms with E-state index in [2.05, 4.69) is 15.1 Å². The maximum absolute atomic E-state index is 12.9. The highest BCUT2D eigenvalue weighted by atomic mass is 16.6. The van der Waals surface area contributed by atoms with Gasteiger partial charge in [0, 0.05) is 41.6 Å². The Labute approximate surface area is 208 Å². The van der Waals surface area contributed by atoms with E-state index < -0.39 is 22.7 Å². The molecule has 1 aromatic heterocycles. The number of non-ortho nitro benzene ring substituents is 1. The second kappa shape index (κ2) is 10.6. The van der Waals surface area contributed by atoms with Crippen molar-refractivity contribution in [2.45, 2.75) is 32.9 Å². The summed E-state index contributed by atoms with van der Waals surface area (Å²) < 4.78 is 10.6. The van der Waals surface area contributed by atoms with Crippen molar-refractivity contribution in [3.05, 3.63) is 93.3 Å². The fourth-order valence-electron chi connectivity index (χ4n) is 4.56. The van der Waals surface area contributed by atoms with Gasteiger partial charge in [-0.05, 0) is 32.0 Å². The third-order valence-corrected chi connectivity index (χ3v) is 6.13. The number of hydrogen-bond donors (Lipinski definition) is 0. The molecule has 2 atom stereocenters. The highest BCUT2D eigenvalue weighted by molar-refractivity contribution is 6.06. The Hall–Kier alpha value is -4.18. The number of rotatable bonds is 8. The van der Waals surface area contributed by atoms with E-state index in [0.29, 0.717) is 41.5 Å². The van der Waals surface area contributed by atoms with Crippen LogP contribution in [0.25, 0.3) is 5.57 Å². The highest BCUT2D eigenvalue weighted by Crippen LogP contribution is 2.44. The molecule has 4 rings (SSSR count). The first-order valence-electron chi connectivity index (χ1n) is 11.4. The lowest BCUT2D eigenvalue weighted by Gasteiger charge is -2.31. The van der Waals surface area contributed by atoms with Crippen LogP contribution in [0.1, 0.15) is 42.6 Å². The minimum absolute atomic E-state index is 0.0791. The van der Waals surface area contributed by atoms with Crippen LogP contribution in [-0.4, -0.2) is 45.8 Å². The molecule has 10 nitrogen and oxygen atoms in total. The number of carbonyl (C=O) groups excluding carboxylic acids is 1. The third-order valence-electron chi connectivity index (χ3n) is 6.13. The van der Waals surface area contributed by atoms with E-state index in [1.54, 1.807) is 26.0 Å². The predicted molar refractivity (Wildman–Crippen MR) is 133 cm³/mol. The van der Waals surface area contributed by atoms with Gasteiger partial charge in [0.05, 0.1) is 18.6 Å². The first kappa shape index (κ1) is 24.9. The van der Waals surface area contributed by atoms with Crippen molar-refractivity contribution in [3.63, 3.8) is 0 Å². The number of hydrogen-bond acceptors (Lipinski definition) is 9. The molecule has 0 saturated carbocycles. The number of aliphatic imine (C=N–C) groups is 1. The summed E-state index contributed by atoms with van der Waals surface area (Å²) in [4.78, 5) is 35.1. The lowest BCUT2D eigenvalue weighted by molar-refractivity contribution is -0.384. The van der Waals surface area contributed by atoms with Gasteiger partial charge in [0.25, 0.3) is 5.69 Å². The second-order valence-corrected chi connectivity index (χ2v) is 8.75. The summed E-state index contributed by atoms with van der Waals surface area (Å²) in [5, 5.41) is 15.7. The summed E-state index contributed by atoms with van der Waals surface area (Å²) in [5.41, 5.74) is 3.36. The van der Waals surface area contributed by atoms with Gasteiger partial charge >= 0.3 is 5.97 Å². The molecule has 10 heteroatoms. The van der Waals surface area contributed by atoms with Crippen molar-refractivity contribution in [1.29, 1.82) is 0 Å². The van der Waals surface area contributed by atoms with Crippen LogP contribution in [0.4, 0.5) is 5.69 Å². The third kappa shape index (κ3) is 5.23. The fourth-order valence-corrected chi connectivity index (χ4v) is 4.56. The number of nitro benzene ring substituents is 1. The number of benzene rings is 2. The van der Waals surface area contributed by atoms with E-state index in [-0.39, 0.29) is 11.5 Å². The first-order valence-corrected chi connectivity index (χ1v) is 11.4. The van der Waals surface area contributed by atoms with Crippen molar-refractivity contribution >= 4 is 22.9 Å². The molecule has 3 aromatic rings. The Morgan fingerprint density at radius 1 is 1.14 bits per heavy atom. The van der Waals surface area contributed by atoms with Crippen molar-refractivity contribution < 1.29 is 19.0 Å². The van der Waals surface area contributed by atoms with Gasteiger partial charge in [0.2, 0.25) is 11.7 Å². The summed E-state index contributed by atoms with van der Waals surface area (Å²) in [7, 11) is 3.26. The molecule has 1 aliphatic rings. The Kier molecular flexibility index (Phi) is 7.35. The van der Waals surface area contributed by atoms with E-state index in [4.69, 9.17) is 9.26 Å². The number of nitro groups is 1. The molecule has 0 radical (unpaired) electrons. The minimum atomic E-state index is -0.793. The van der Waals surface area contributed by atoms with Crippen LogP contribution in [0, 0.1) is 16.0 Å². The van der Waals surface area contributed by atoms with Crippen LogP contribution in [-0.2, 0) is 22.6 Å². The van der Waals surface area contributed by atoms with Gasteiger partial charge in [-0.3, -0.25) is 24.8 Å². The lowest BCUT2D eigenvalue weighted by atomic mass is 9.75. The monoisotopic (exact) mass is 489 g/mol. The molecule has 0 bridgehead atoms. The SMILES string of the molecule is COC(=O)C1C(C)=NC(C)=C(c2noc(CN(C)Cc3ccccc3)n2)C1c1cccc([N+](=O)[O-])c1. The molecule has 2 aromatic carbocycles. The standard InChI is InChI=1S/C26H27N5O5/c1-16-22(25-28-21(36-29-25)15-30(3)14-18-9-6-5-7-10-18)24(23(17(2)27-16)26(32)35-4)19-11-8-12-20(13-19)31(33)34/h5-13,23-24H,14-15H2,1-4H3. The Balaban J connectivity index is 1.70. The van der Waals surface area contributed by atoms with Gasteiger partial charge in [-0.15, -0.1) is 0 Å². The molecule has 186 valence electrons. The zero-order valence-electron chi connectivity index (χ0n) is 20.5. The quantitative estimate of drug-likeness (QED) is 0.259. The lowest BCUT2D eigenvalue weighted by Crippen LogP contribution is -2.33. The molecule has 0 fully saturated rings. The van der Waals surface area contributed by atoms with Crippen LogP contribution in [0.2, 0.25) is 0 Å². The van der Waals surface area contributed by atoms with Crippen LogP contribution >= 0.6 is 0 Å². The summed E-state index contributed by atoms with van der Waals surface area (Å²) in [6.07, 6.45) is 0. The molecule has 2 unspecified atom stereocenters. The normalized spacial score (nSPS) is 17.8. The van der Waals surface area contributed by atoms with Crippen LogP contribution in [0.15, 0.2) is 69.8 Å². The Bertz CT molecular complexity index is 1330. The smallest absolute Gasteiger partial charge is 0.315 e. The topological polar surface area (TPSA) is 124 Å². The van der Waals surface area contributed by atoms with Crippen molar-refractivity contribution in [3.8, 4) is 0 Å². The van der Waals surface area contributed by atoms with Crippen molar-refractivity contribution in [1.82, 2.24) is 15.0 Å². The molecule has 0 N–H and O–H groups in total. The number of allylic oxidation sites excluding steroid dienone is 2. The van der Waals surface area contributed by atoms with Gasteiger partial charge in [-0.25, -0.2) is 0 Å². The van der Waals surface area contributed by atoms with Gasteiger partial charge in [-0.1, -0.05) is 47.6 Å². The number of methoxy groups -OCH3 is 1. The van der Waals surface area contributed by atoms with E-state index >= 15 is 0 Å². The van der Waals surface area contributed by atoms with E-state index in [1.165, 1.54) is 19.2 Å². The van der Waals surface area contributed by atoms with Gasteiger partial charge in [0.1, 0.15) is 5.92 Å². The molecular weight excluding hydrogens is 462 g/mol. The van der Waals surface area contributed by atoms with Crippen molar-refractivity contribution in [2.75, 3.05) is 14.2 Å². The zero-order chi connectivity index (χ0) is 25.8. The summed E-state index contributed by atoms with van der Waals surface area (Å²) >= 11 is 0. The van der Waals surface area contributed by atoms with E-state index in [1.807, 2.05) is 42.3 Å². The maximum Gasteiger partial charge on any atom is 0.315 e. The van der Waals surface area contributed by atoms with Gasteiger partial charge < -0.3 is 9.26 Å². The second-order valence-electron chi connectivity index (χ2n) is 8.75. The molecule has 2 heterocycles. The van der Waals surface area contributed by atoms with Crippen LogP contribution < -0.4 is 0 Å². The van der Waals surface area contributed by atoms with Gasteiger partial charge in [0.15, 0.2) is 0 Å². The summed E-state index contributed by atoms with van der Waals surface area (Å²) in [6, 6.07) is 16.2. The maximum atomic E-state index is 12.9. The van der Waals surface area contributed by atoms with E-state index in [0.717, 1.165) is 5.56 Å². The number of ether oxygens (including phenoxy) is 1. The number of carbonyl (C=O) groups is 1. The minimum Gasteiger partial charge on any atom is -0.468 e. The average molecular weight is 490 g/mol. The molecule has 1 aliphatic heterocycles.